The van der Waals surface area contributed by atoms with Gasteiger partial charge < -0.3 is 30.3 Å². The van der Waals surface area contributed by atoms with Gasteiger partial charge in [0, 0.05) is 67.5 Å². The number of nitrogens with zero attached hydrogens (tertiary/aromatic N) is 4. The molecule has 0 saturated carbocycles. The zero-order valence-electron chi connectivity index (χ0n) is 26.6. The van der Waals surface area contributed by atoms with Crippen LogP contribution >= 0.6 is 0 Å². The van der Waals surface area contributed by atoms with Gasteiger partial charge in [0.2, 0.25) is 0 Å². The fraction of sp³-hybridized carbons (Fsp3) is 0.400. The number of ether oxygens (including phenoxy) is 1. The maximum atomic E-state index is 13.2. The topological polar surface area (TPSA) is 112 Å². The van der Waals surface area contributed by atoms with Crippen LogP contribution in [0.15, 0.2) is 73.1 Å². The number of hydrogen-bond acceptors (Lipinski definition) is 7. The Hall–Kier alpha value is -4.25. The molecule has 3 N–H and O–H groups in total. The van der Waals surface area contributed by atoms with Crippen molar-refractivity contribution in [2.24, 2.45) is 0 Å². The Labute approximate surface area is 265 Å². The lowest BCUT2D eigenvalue weighted by Gasteiger charge is -2.35. The molecule has 4 aromatic rings. The predicted molar refractivity (Wildman–Crippen MR) is 179 cm³/mol. The highest BCUT2D eigenvalue weighted by Crippen LogP contribution is 2.31. The number of carbonyl (C=O) groups excluding carboxylic acids is 2. The number of nitrogens with one attached hydrogen (secondary N) is 2. The number of fused-ring (bicyclic) bond motifs is 1. The van der Waals surface area contributed by atoms with Crippen LogP contribution < -0.4 is 15.5 Å². The Balaban J connectivity index is 1.28. The van der Waals surface area contributed by atoms with E-state index in [9.17, 15) is 14.7 Å². The van der Waals surface area contributed by atoms with E-state index in [4.69, 9.17) is 4.74 Å². The number of amides is 2. The minimum absolute atomic E-state index is 0.195. The van der Waals surface area contributed by atoms with Gasteiger partial charge in [0.05, 0.1) is 17.7 Å². The standard InChI is InChI=1S/C35H44N6O4/c1-5-45-21-20-40(29-10-11-31-28(22-29)15-19-41(31)34(43)36-4)30-12-16-37-32(23-30)38-33(42)27-8-6-25(7-9-27)26-13-17-39(18-14-26)24-35(2,3)44/h6-12,15-16,19,22-23,26,44H,5,13-14,17-18,20-21,24H2,1-4H3,(H,36,43)(H,37,38,42). The molecule has 2 aromatic heterocycles. The quantitative estimate of drug-likeness (QED) is 0.189. The average molecular weight is 613 g/mol. The smallest absolute Gasteiger partial charge is 0.325 e. The van der Waals surface area contributed by atoms with E-state index in [0.717, 1.165) is 48.2 Å². The second-order valence-electron chi connectivity index (χ2n) is 12.2. The first-order chi connectivity index (χ1) is 21.6. The van der Waals surface area contributed by atoms with E-state index >= 15 is 0 Å². The summed E-state index contributed by atoms with van der Waals surface area (Å²) in [5.74, 6) is 0.681. The SMILES string of the molecule is CCOCCN(c1ccnc(NC(=O)c2ccc(C3CCN(CC(C)(C)O)CC3)cc2)c1)c1ccc2c(ccn2C(=O)NC)c1. The first-order valence-corrected chi connectivity index (χ1v) is 15.7. The van der Waals surface area contributed by atoms with Gasteiger partial charge >= 0.3 is 6.03 Å². The van der Waals surface area contributed by atoms with Crippen LogP contribution in [0.2, 0.25) is 0 Å². The largest absolute Gasteiger partial charge is 0.389 e. The highest BCUT2D eigenvalue weighted by Gasteiger charge is 2.25. The highest BCUT2D eigenvalue weighted by molar-refractivity contribution is 6.04. The van der Waals surface area contributed by atoms with Gasteiger partial charge in [-0.05, 0) is 101 Å². The number of rotatable bonds is 11. The first-order valence-electron chi connectivity index (χ1n) is 15.7. The Kier molecular flexibility index (Phi) is 10.2. The van der Waals surface area contributed by atoms with E-state index in [2.05, 4.69) is 37.6 Å². The van der Waals surface area contributed by atoms with E-state index in [-0.39, 0.29) is 11.9 Å². The number of aromatic nitrogens is 2. The zero-order valence-corrected chi connectivity index (χ0v) is 26.6. The molecular weight excluding hydrogens is 568 g/mol. The number of hydrogen-bond donors (Lipinski definition) is 3. The second kappa shape index (κ2) is 14.2. The minimum atomic E-state index is -0.686. The molecule has 5 rings (SSSR count). The molecule has 0 radical (unpaired) electrons. The number of pyridine rings is 1. The van der Waals surface area contributed by atoms with Gasteiger partial charge in [-0.1, -0.05) is 12.1 Å². The number of piperidine rings is 1. The van der Waals surface area contributed by atoms with E-state index < -0.39 is 5.60 Å². The number of benzene rings is 2. The molecule has 238 valence electrons. The number of aliphatic hydroxyl groups is 1. The summed E-state index contributed by atoms with van der Waals surface area (Å²) in [6.07, 6.45) is 5.51. The molecule has 3 heterocycles. The van der Waals surface area contributed by atoms with E-state index in [1.165, 1.54) is 5.56 Å². The van der Waals surface area contributed by atoms with Crippen LogP contribution in [0.5, 0.6) is 0 Å². The molecule has 2 amide bonds. The van der Waals surface area contributed by atoms with Crippen LogP contribution in [0.3, 0.4) is 0 Å². The van der Waals surface area contributed by atoms with Crippen molar-refractivity contribution < 1.29 is 19.4 Å². The third kappa shape index (κ3) is 8.08. The summed E-state index contributed by atoms with van der Waals surface area (Å²) in [6, 6.07) is 19.3. The molecule has 10 heteroatoms. The summed E-state index contributed by atoms with van der Waals surface area (Å²) < 4.78 is 7.26. The molecular formula is C35H44N6O4. The van der Waals surface area contributed by atoms with Crippen molar-refractivity contribution in [1.29, 1.82) is 0 Å². The molecule has 0 aliphatic carbocycles. The maximum Gasteiger partial charge on any atom is 0.325 e. The molecule has 2 aromatic carbocycles. The highest BCUT2D eigenvalue weighted by atomic mass is 16.5. The minimum Gasteiger partial charge on any atom is -0.389 e. The molecule has 1 saturated heterocycles. The van der Waals surface area contributed by atoms with Gasteiger partial charge in [-0.25, -0.2) is 9.78 Å². The van der Waals surface area contributed by atoms with Crippen molar-refractivity contribution in [3.05, 3.63) is 84.2 Å². The third-order valence-electron chi connectivity index (χ3n) is 8.22. The Morgan fingerprint density at radius 1 is 1.04 bits per heavy atom. The molecule has 10 nitrogen and oxygen atoms in total. The predicted octanol–water partition coefficient (Wildman–Crippen LogP) is 5.60. The van der Waals surface area contributed by atoms with Crippen molar-refractivity contribution in [2.75, 3.05) is 56.7 Å². The number of anilines is 3. The van der Waals surface area contributed by atoms with Crippen molar-refractivity contribution in [3.8, 4) is 0 Å². The van der Waals surface area contributed by atoms with Gasteiger partial charge in [0.25, 0.3) is 5.91 Å². The monoisotopic (exact) mass is 612 g/mol. The van der Waals surface area contributed by atoms with Crippen molar-refractivity contribution in [2.45, 2.75) is 45.1 Å². The van der Waals surface area contributed by atoms with Crippen LogP contribution in [0.1, 0.15) is 55.5 Å². The molecule has 0 spiro atoms. The van der Waals surface area contributed by atoms with E-state index in [0.29, 0.717) is 43.6 Å². The zero-order chi connectivity index (χ0) is 32.0. The lowest BCUT2D eigenvalue weighted by molar-refractivity contribution is 0.0282. The van der Waals surface area contributed by atoms with Crippen LogP contribution in [0, 0.1) is 0 Å². The molecule has 0 bridgehead atoms. The number of likely N-dealkylation sites (tertiary alicyclic amines) is 1. The lowest BCUT2D eigenvalue weighted by Crippen LogP contribution is -2.42. The normalized spacial score (nSPS) is 14.4. The van der Waals surface area contributed by atoms with Crippen LogP contribution in [-0.4, -0.2) is 83.5 Å². The van der Waals surface area contributed by atoms with Crippen LogP contribution in [0.4, 0.5) is 22.0 Å². The third-order valence-corrected chi connectivity index (χ3v) is 8.22. The summed E-state index contributed by atoms with van der Waals surface area (Å²) in [5, 5.41) is 16.7. The fourth-order valence-electron chi connectivity index (χ4n) is 6.03. The molecule has 1 aliphatic rings. The molecule has 1 fully saturated rings. The van der Waals surface area contributed by atoms with Crippen molar-refractivity contribution in [1.82, 2.24) is 19.8 Å². The molecule has 1 aliphatic heterocycles. The van der Waals surface area contributed by atoms with Crippen LogP contribution in [0.25, 0.3) is 10.9 Å². The summed E-state index contributed by atoms with van der Waals surface area (Å²) in [6.45, 7) is 9.97. The molecule has 45 heavy (non-hydrogen) atoms. The fourth-order valence-corrected chi connectivity index (χ4v) is 6.03. The number of β-amino-alcohol motifs (C(OH)–C–C–N with tert-alkyl or cyclic N) is 1. The average Bonchev–Trinajstić information content (AvgIpc) is 3.46. The summed E-state index contributed by atoms with van der Waals surface area (Å²) in [4.78, 5) is 34.3. The maximum absolute atomic E-state index is 13.2. The van der Waals surface area contributed by atoms with Gasteiger partial charge in [-0.2, -0.15) is 0 Å². The van der Waals surface area contributed by atoms with Crippen molar-refractivity contribution >= 4 is 40.0 Å². The second-order valence-corrected chi connectivity index (χ2v) is 12.2. The first kappa shape index (κ1) is 32.2. The summed E-state index contributed by atoms with van der Waals surface area (Å²) in [7, 11) is 1.61. The van der Waals surface area contributed by atoms with Gasteiger partial charge in [0.15, 0.2) is 0 Å². The Morgan fingerprint density at radius 2 is 1.78 bits per heavy atom. The van der Waals surface area contributed by atoms with Crippen molar-refractivity contribution in [3.63, 3.8) is 0 Å². The lowest BCUT2D eigenvalue weighted by atomic mass is 9.88. The van der Waals surface area contributed by atoms with Gasteiger partial charge in [-0.3, -0.25) is 9.36 Å². The molecule has 0 atom stereocenters. The van der Waals surface area contributed by atoms with Gasteiger partial charge in [-0.15, -0.1) is 0 Å². The van der Waals surface area contributed by atoms with E-state index in [1.54, 1.807) is 24.0 Å². The van der Waals surface area contributed by atoms with E-state index in [1.807, 2.05) is 69.3 Å². The Bertz CT molecular complexity index is 1600. The van der Waals surface area contributed by atoms with Gasteiger partial charge in [0.1, 0.15) is 5.82 Å². The Morgan fingerprint density at radius 3 is 2.47 bits per heavy atom. The van der Waals surface area contributed by atoms with Crippen LogP contribution in [-0.2, 0) is 4.74 Å². The summed E-state index contributed by atoms with van der Waals surface area (Å²) in [5.41, 5.74) is 3.73. The number of carbonyl (C=O) groups is 2. The summed E-state index contributed by atoms with van der Waals surface area (Å²) >= 11 is 0. The molecule has 0 unspecified atom stereocenters.